The van der Waals surface area contributed by atoms with Crippen molar-refractivity contribution in [2.24, 2.45) is 0 Å². The second-order valence-corrected chi connectivity index (χ2v) is 6.60. The van der Waals surface area contributed by atoms with Gasteiger partial charge in [-0.05, 0) is 68.1 Å². The normalized spacial score (nSPS) is 13.9. The molecular formula is C21H24N2O4. The highest BCUT2D eigenvalue weighted by Gasteiger charge is 2.17. The van der Waals surface area contributed by atoms with Gasteiger partial charge in [-0.15, -0.1) is 0 Å². The van der Waals surface area contributed by atoms with E-state index in [0.29, 0.717) is 22.7 Å². The Hall–Kier alpha value is -3.02. The Morgan fingerprint density at radius 1 is 1.00 bits per heavy atom. The third kappa shape index (κ3) is 5.00. The molecule has 1 fully saturated rings. The number of carbonyl (C=O) groups excluding carboxylic acids is 2. The van der Waals surface area contributed by atoms with Crippen LogP contribution in [0.3, 0.4) is 0 Å². The van der Waals surface area contributed by atoms with E-state index in [9.17, 15) is 9.59 Å². The summed E-state index contributed by atoms with van der Waals surface area (Å²) in [7, 11) is 1.53. The molecule has 6 heteroatoms. The fourth-order valence-electron chi connectivity index (χ4n) is 3.16. The summed E-state index contributed by atoms with van der Waals surface area (Å²) < 4.78 is 11.2. The summed E-state index contributed by atoms with van der Waals surface area (Å²) in [6.45, 7) is 1.43. The topological polar surface area (TPSA) is 76.7 Å². The van der Waals surface area contributed by atoms with Crippen LogP contribution in [0.25, 0.3) is 0 Å². The number of anilines is 2. The molecule has 1 saturated carbocycles. The summed E-state index contributed by atoms with van der Waals surface area (Å²) in [6.07, 6.45) is 4.89. The van der Waals surface area contributed by atoms with E-state index in [0.717, 1.165) is 18.6 Å². The van der Waals surface area contributed by atoms with E-state index >= 15 is 0 Å². The molecule has 0 bridgehead atoms. The summed E-state index contributed by atoms with van der Waals surface area (Å²) >= 11 is 0. The molecule has 27 heavy (non-hydrogen) atoms. The Kier molecular flexibility index (Phi) is 5.96. The Morgan fingerprint density at radius 2 is 1.70 bits per heavy atom. The highest BCUT2D eigenvalue weighted by atomic mass is 16.5. The van der Waals surface area contributed by atoms with Gasteiger partial charge in [0.2, 0.25) is 5.91 Å². The lowest BCUT2D eigenvalue weighted by Crippen LogP contribution is -2.14. The third-order valence-corrected chi connectivity index (χ3v) is 4.49. The van der Waals surface area contributed by atoms with Crippen LogP contribution in [0, 0.1) is 0 Å². The molecule has 1 aliphatic carbocycles. The molecule has 0 spiro atoms. The predicted molar refractivity (Wildman–Crippen MR) is 105 cm³/mol. The van der Waals surface area contributed by atoms with Gasteiger partial charge >= 0.3 is 0 Å². The lowest BCUT2D eigenvalue weighted by atomic mass is 10.2. The average molecular weight is 368 g/mol. The Bertz CT molecular complexity index is 811. The van der Waals surface area contributed by atoms with E-state index in [1.165, 1.54) is 26.9 Å². The number of amides is 2. The number of benzene rings is 2. The van der Waals surface area contributed by atoms with Crippen LogP contribution < -0.4 is 20.1 Å². The molecule has 2 N–H and O–H groups in total. The van der Waals surface area contributed by atoms with E-state index in [-0.39, 0.29) is 17.9 Å². The monoisotopic (exact) mass is 368 g/mol. The van der Waals surface area contributed by atoms with Gasteiger partial charge < -0.3 is 20.1 Å². The van der Waals surface area contributed by atoms with E-state index in [2.05, 4.69) is 10.6 Å². The standard InChI is InChI=1S/C21H24N2O4/c1-14(24)22-16-9-12-20(26-2)19(13-16)23-21(25)15-7-10-18(11-8-15)27-17-5-3-4-6-17/h7-13,17H,3-6H2,1-2H3,(H,22,24)(H,23,25). The first-order chi connectivity index (χ1) is 13.0. The SMILES string of the molecule is COc1ccc(NC(C)=O)cc1NC(=O)c1ccc(OC2CCCC2)cc1. The van der Waals surface area contributed by atoms with Crippen molar-refractivity contribution in [3.63, 3.8) is 0 Å². The van der Waals surface area contributed by atoms with E-state index in [1.807, 2.05) is 12.1 Å². The smallest absolute Gasteiger partial charge is 0.255 e. The summed E-state index contributed by atoms with van der Waals surface area (Å²) in [5, 5.41) is 5.52. The molecule has 3 rings (SSSR count). The first-order valence-corrected chi connectivity index (χ1v) is 9.09. The van der Waals surface area contributed by atoms with Crippen molar-refractivity contribution in [1.82, 2.24) is 0 Å². The maximum Gasteiger partial charge on any atom is 0.255 e. The molecule has 0 radical (unpaired) electrons. The minimum atomic E-state index is -0.263. The zero-order valence-electron chi connectivity index (χ0n) is 15.6. The summed E-state index contributed by atoms with van der Waals surface area (Å²) in [5.74, 6) is 0.846. The number of ether oxygens (including phenoxy) is 2. The van der Waals surface area contributed by atoms with Gasteiger partial charge in [-0.2, -0.15) is 0 Å². The van der Waals surface area contributed by atoms with Crippen molar-refractivity contribution >= 4 is 23.2 Å². The molecule has 0 aliphatic heterocycles. The fraction of sp³-hybridized carbons (Fsp3) is 0.333. The van der Waals surface area contributed by atoms with Crippen LogP contribution in [0.4, 0.5) is 11.4 Å². The van der Waals surface area contributed by atoms with Gasteiger partial charge in [0, 0.05) is 18.2 Å². The second kappa shape index (κ2) is 8.58. The molecule has 0 saturated heterocycles. The molecule has 1 aliphatic rings. The van der Waals surface area contributed by atoms with Gasteiger partial charge in [0.05, 0.1) is 18.9 Å². The van der Waals surface area contributed by atoms with Gasteiger partial charge in [0.25, 0.3) is 5.91 Å². The Labute approximate surface area is 158 Å². The Morgan fingerprint density at radius 3 is 2.33 bits per heavy atom. The number of carbonyl (C=O) groups is 2. The van der Waals surface area contributed by atoms with Crippen molar-refractivity contribution in [1.29, 1.82) is 0 Å². The number of methoxy groups -OCH3 is 1. The number of hydrogen-bond donors (Lipinski definition) is 2. The fourth-order valence-corrected chi connectivity index (χ4v) is 3.16. The van der Waals surface area contributed by atoms with Crippen LogP contribution in [0.5, 0.6) is 11.5 Å². The molecule has 2 aromatic rings. The highest BCUT2D eigenvalue weighted by molar-refractivity contribution is 6.05. The molecule has 0 unspecified atom stereocenters. The third-order valence-electron chi connectivity index (χ3n) is 4.49. The summed E-state index contributed by atoms with van der Waals surface area (Å²) in [4.78, 5) is 23.8. The largest absolute Gasteiger partial charge is 0.495 e. The van der Waals surface area contributed by atoms with Crippen LogP contribution >= 0.6 is 0 Å². The van der Waals surface area contributed by atoms with E-state index in [1.54, 1.807) is 30.3 Å². The molecule has 142 valence electrons. The number of hydrogen-bond acceptors (Lipinski definition) is 4. The van der Waals surface area contributed by atoms with Crippen molar-refractivity contribution in [2.45, 2.75) is 38.7 Å². The number of rotatable bonds is 6. The molecule has 6 nitrogen and oxygen atoms in total. The van der Waals surface area contributed by atoms with Gasteiger partial charge in [0.15, 0.2) is 0 Å². The first kappa shape index (κ1) is 18.8. The minimum absolute atomic E-state index is 0.185. The van der Waals surface area contributed by atoms with E-state index in [4.69, 9.17) is 9.47 Å². The van der Waals surface area contributed by atoms with Crippen LogP contribution in [0.15, 0.2) is 42.5 Å². The van der Waals surface area contributed by atoms with Crippen molar-refractivity contribution in [3.05, 3.63) is 48.0 Å². The molecule has 0 aromatic heterocycles. The van der Waals surface area contributed by atoms with Crippen LogP contribution in [-0.4, -0.2) is 25.0 Å². The molecule has 0 heterocycles. The lowest BCUT2D eigenvalue weighted by Gasteiger charge is -2.14. The lowest BCUT2D eigenvalue weighted by molar-refractivity contribution is -0.114. The van der Waals surface area contributed by atoms with Gasteiger partial charge in [0.1, 0.15) is 11.5 Å². The summed E-state index contributed by atoms with van der Waals surface area (Å²) in [5.41, 5.74) is 1.58. The average Bonchev–Trinajstić information content (AvgIpc) is 3.15. The quantitative estimate of drug-likeness (QED) is 0.800. The summed E-state index contributed by atoms with van der Waals surface area (Å²) in [6, 6.07) is 12.2. The first-order valence-electron chi connectivity index (χ1n) is 9.09. The van der Waals surface area contributed by atoms with Crippen LogP contribution in [-0.2, 0) is 4.79 Å². The van der Waals surface area contributed by atoms with Gasteiger partial charge in [-0.3, -0.25) is 9.59 Å². The van der Waals surface area contributed by atoms with Crippen molar-refractivity contribution in [3.8, 4) is 11.5 Å². The highest BCUT2D eigenvalue weighted by Crippen LogP contribution is 2.29. The Balaban J connectivity index is 1.69. The zero-order valence-corrected chi connectivity index (χ0v) is 15.6. The van der Waals surface area contributed by atoms with Crippen LogP contribution in [0.1, 0.15) is 43.0 Å². The molecular weight excluding hydrogens is 344 g/mol. The van der Waals surface area contributed by atoms with E-state index < -0.39 is 0 Å². The second-order valence-electron chi connectivity index (χ2n) is 6.60. The van der Waals surface area contributed by atoms with Crippen molar-refractivity contribution < 1.29 is 19.1 Å². The maximum absolute atomic E-state index is 12.6. The van der Waals surface area contributed by atoms with Crippen molar-refractivity contribution in [2.75, 3.05) is 17.7 Å². The molecule has 0 atom stereocenters. The van der Waals surface area contributed by atoms with Gasteiger partial charge in [-0.25, -0.2) is 0 Å². The number of nitrogens with one attached hydrogen (secondary N) is 2. The van der Waals surface area contributed by atoms with Crippen LogP contribution in [0.2, 0.25) is 0 Å². The molecule has 2 amide bonds. The maximum atomic E-state index is 12.6. The zero-order chi connectivity index (χ0) is 19.2. The predicted octanol–water partition coefficient (Wildman–Crippen LogP) is 4.23. The van der Waals surface area contributed by atoms with Gasteiger partial charge in [-0.1, -0.05) is 0 Å². The minimum Gasteiger partial charge on any atom is -0.495 e. The molecule has 2 aromatic carbocycles.